The number of rotatable bonds is 4. The van der Waals surface area contributed by atoms with Crippen molar-refractivity contribution in [2.75, 3.05) is 14.2 Å². The van der Waals surface area contributed by atoms with Gasteiger partial charge in [0.05, 0.1) is 25.3 Å². The van der Waals surface area contributed by atoms with Crippen molar-refractivity contribution in [2.45, 2.75) is 17.4 Å². The summed E-state index contributed by atoms with van der Waals surface area (Å²) in [6.45, 7) is 3.14. The fourth-order valence-electron chi connectivity index (χ4n) is 1.80. The van der Waals surface area contributed by atoms with Crippen LogP contribution in [-0.4, -0.2) is 27.7 Å². The van der Waals surface area contributed by atoms with E-state index in [0.717, 1.165) is 17.6 Å². The Hall–Kier alpha value is -0.980. The number of alkyl halides is 1. The smallest absolute Gasteiger partial charge is 0.257 e. The van der Waals surface area contributed by atoms with Crippen molar-refractivity contribution in [3.8, 4) is 11.6 Å². The summed E-state index contributed by atoms with van der Waals surface area (Å²) < 4.78 is 13.2. The molecule has 17 heavy (non-hydrogen) atoms. The van der Waals surface area contributed by atoms with Crippen LogP contribution >= 0.6 is 22.6 Å². The molecule has 2 aromatic heterocycles. The minimum atomic E-state index is 0.528. The topological polar surface area (TPSA) is 36.3 Å². The van der Waals surface area contributed by atoms with Crippen molar-refractivity contribution >= 4 is 33.6 Å². The zero-order valence-electron chi connectivity index (χ0n) is 10.1. The van der Waals surface area contributed by atoms with E-state index < -0.39 is 0 Å². The number of hydrogen-bond acceptors (Lipinski definition) is 3. The van der Waals surface area contributed by atoms with Gasteiger partial charge in [0.25, 0.3) is 5.88 Å². The first kappa shape index (κ1) is 12.5. The van der Waals surface area contributed by atoms with E-state index in [1.165, 1.54) is 0 Å². The summed E-state index contributed by atoms with van der Waals surface area (Å²) in [6, 6.07) is 3.97. The molecule has 0 bridgehead atoms. The minimum Gasteiger partial charge on any atom is -0.491 e. The second kappa shape index (κ2) is 5.12. The van der Waals surface area contributed by atoms with Gasteiger partial charge in [-0.3, -0.25) is 0 Å². The number of fused-ring (bicyclic) bond motifs is 1. The summed E-state index contributed by atoms with van der Waals surface area (Å²) in [4.78, 5) is 4.42. The lowest BCUT2D eigenvalue weighted by molar-refractivity contribution is 0.344. The first-order valence-electron chi connectivity index (χ1n) is 5.37. The predicted octanol–water partition coefficient (Wildman–Crippen LogP) is 2.88. The molecule has 0 aliphatic carbocycles. The van der Waals surface area contributed by atoms with Crippen molar-refractivity contribution < 1.29 is 9.47 Å². The number of pyridine rings is 1. The Kier molecular flexibility index (Phi) is 3.76. The molecule has 5 heteroatoms. The summed E-state index contributed by atoms with van der Waals surface area (Å²) in [5.41, 5.74) is 2.01. The predicted molar refractivity (Wildman–Crippen MR) is 76.3 cm³/mol. The summed E-state index contributed by atoms with van der Waals surface area (Å²) in [6.07, 6.45) is 2.05. The molecule has 0 N–H and O–H groups in total. The van der Waals surface area contributed by atoms with Crippen LogP contribution in [0, 0.1) is 0 Å². The van der Waals surface area contributed by atoms with Crippen molar-refractivity contribution in [2.24, 2.45) is 0 Å². The maximum Gasteiger partial charge on any atom is 0.257 e. The standard InChI is InChI=1S/C12H15IN2O2/c1-8(13)7-15-5-4-9-10(15)6-11(16-2)12(14-9)17-3/h4-6,8H,7H2,1-3H3. The molecule has 2 heterocycles. The molecule has 0 aliphatic heterocycles. The van der Waals surface area contributed by atoms with Gasteiger partial charge in [0.15, 0.2) is 5.75 Å². The summed E-state index contributed by atoms with van der Waals surface area (Å²) >= 11 is 2.41. The van der Waals surface area contributed by atoms with E-state index in [1.54, 1.807) is 14.2 Å². The van der Waals surface area contributed by atoms with E-state index in [-0.39, 0.29) is 0 Å². The van der Waals surface area contributed by atoms with Crippen molar-refractivity contribution in [1.82, 2.24) is 9.55 Å². The lowest BCUT2D eigenvalue weighted by Crippen LogP contribution is -2.05. The Morgan fingerprint density at radius 2 is 2.18 bits per heavy atom. The first-order valence-corrected chi connectivity index (χ1v) is 6.62. The van der Waals surface area contributed by atoms with Gasteiger partial charge in [0, 0.05) is 22.7 Å². The number of methoxy groups -OCH3 is 2. The van der Waals surface area contributed by atoms with Crippen molar-refractivity contribution in [3.63, 3.8) is 0 Å². The van der Waals surface area contributed by atoms with Gasteiger partial charge < -0.3 is 14.0 Å². The Morgan fingerprint density at radius 3 is 2.76 bits per heavy atom. The molecule has 0 fully saturated rings. The molecule has 1 unspecified atom stereocenters. The second-order valence-electron chi connectivity index (χ2n) is 3.85. The molecular formula is C12H15IN2O2. The number of aromatic nitrogens is 2. The van der Waals surface area contributed by atoms with E-state index in [1.807, 2.05) is 18.3 Å². The third-order valence-electron chi connectivity index (χ3n) is 2.55. The zero-order chi connectivity index (χ0) is 12.4. The largest absolute Gasteiger partial charge is 0.491 e. The highest BCUT2D eigenvalue weighted by Crippen LogP contribution is 2.29. The molecule has 2 aromatic rings. The Labute approximate surface area is 114 Å². The third kappa shape index (κ3) is 2.48. The summed E-state index contributed by atoms with van der Waals surface area (Å²) in [5, 5.41) is 0. The van der Waals surface area contributed by atoms with Crippen molar-refractivity contribution in [3.05, 3.63) is 18.3 Å². The van der Waals surface area contributed by atoms with Gasteiger partial charge in [0.2, 0.25) is 0 Å². The van der Waals surface area contributed by atoms with Crippen LogP contribution in [0.15, 0.2) is 18.3 Å². The highest BCUT2D eigenvalue weighted by atomic mass is 127. The fraction of sp³-hybridized carbons (Fsp3) is 0.417. The van der Waals surface area contributed by atoms with Gasteiger partial charge in [0.1, 0.15) is 0 Å². The molecule has 0 aromatic carbocycles. The molecular weight excluding hydrogens is 331 g/mol. The summed E-state index contributed by atoms with van der Waals surface area (Å²) in [7, 11) is 3.22. The molecule has 92 valence electrons. The average molecular weight is 346 g/mol. The van der Waals surface area contributed by atoms with Crippen LogP contribution in [0.1, 0.15) is 6.92 Å². The molecule has 0 saturated carbocycles. The van der Waals surface area contributed by atoms with Crippen LogP contribution in [0.5, 0.6) is 11.6 Å². The first-order chi connectivity index (χ1) is 8.15. The van der Waals surface area contributed by atoms with Crippen LogP contribution in [-0.2, 0) is 6.54 Å². The monoisotopic (exact) mass is 346 g/mol. The van der Waals surface area contributed by atoms with Gasteiger partial charge in [-0.25, -0.2) is 4.98 Å². The second-order valence-corrected chi connectivity index (χ2v) is 5.98. The molecule has 2 rings (SSSR count). The van der Waals surface area contributed by atoms with Crippen LogP contribution in [0.2, 0.25) is 0 Å². The Morgan fingerprint density at radius 1 is 1.41 bits per heavy atom. The highest BCUT2D eigenvalue weighted by molar-refractivity contribution is 14.1. The van der Waals surface area contributed by atoms with Crippen LogP contribution in [0.4, 0.5) is 0 Å². The number of nitrogens with zero attached hydrogens (tertiary/aromatic N) is 2. The van der Waals surface area contributed by atoms with Crippen LogP contribution in [0.3, 0.4) is 0 Å². The number of hydrogen-bond donors (Lipinski definition) is 0. The Bertz CT molecular complexity index is 522. The van der Waals surface area contributed by atoms with E-state index in [0.29, 0.717) is 15.6 Å². The Balaban J connectivity index is 2.53. The molecule has 0 amide bonds. The third-order valence-corrected chi connectivity index (χ3v) is 2.94. The normalized spacial score (nSPS) is 12.7. The van der Waals surface area contributed by atoms with Gasteiger partial charge in [-0.05, 0) is 6.07 Å². The molecule has 0 saturated heterocycles. The number of ether oxygens (including phenoxy) is 2. The average Bonchev–Trinajstić information content (AvgIpc) is 2.69. The lowest BCUT2D eigenvalue weighted by Gasteiger charge is -2.10. The highest BCUT2D eigenvalue weighted by Gasteiger charge is 2.11. The molecule has 4 nitrogen and oxygen atoms in total. The van der Waals surface area contributed by atoms with Gasteiger partial charge >= 0.3 is 0 Å². The van der Waals surface area contributed by atoms with E-state index in [9.17, 15) is 0 Å². The lowest BCUT2D eigenvalue weighted by atomic mass is 10.3. The van der Waals surface area contributed by atoms with E-state index in [2.05, 4.69) is 39.1 Å². The van der Waals surface area contributed by atoms with Crippen LogP contribution < -0.4 is 9.47 Å². The molecule has 1 atom stereocenters. The molecule has 0 spiro atoms. The maximum absolute atomic E-state index is 5.27. The zero-order valence-corrected chi connectivity index (χ0v) is 12.3. The maximum atomic E-state index is 5.27. The van der Waals surface area contributed by atoms with Gasteiger partial charge in [-0.15, -0.1) is 0 Å². The van der Waals surface area contributed by atoms with E-state index >= 15 is 0 Å². The minimum absolute atomic E-state index is 0.528. The van der Waals surface area contributed by atoms with Gasteiger partial charge in [-0.2, -0.15) is 0 Å². The molecule has 0 radical (unpaired) electrons. The summed E-state index contributed by atoms with van der Waals surface area (Å²) in [5.74, 6) is 1.20. The fourth-order valence-corrected chi connectivity index (χ4v) is 2.22. The van der Waals surface area contributed by atoms with Crippen molar-refractivity contribution in [1.29, 1.82) is 0 Å². The van der Waals surface area contributed by atoms with Gasteiger partial charge in [-0.1, -0.05) is 29.5 Å². The SMILES string of the molecule is COc1cc2c(ccn2CC(C)I)nc1OC. The number of halogens is 1. The van der Waals surface area contributed by atoms with E-state index in [4.69, 9.17) is 9.47 Å². The van der Waals surface area contributed by atoms with Crippen LogP contribution in [0.25, 0.3) is 11.0 Å². The quantitative estimate of drug-likeness (QED) is 0.631. The molecule has 0 aliphatic rings.